The number of aryl methyl sites for hydroxylation is 1. The summed E-state index contributed by atoms with van der Waals surface area (Å²) in [6.07, 6.45) is 1.48. The predicted octanol–water partition coefficient (Wildman–Crippen LogP) is 2.76. The van der Waals surface area contributed by atoms with Gasteiger partial charge in [0.1, 0.15) is 0 Å². The van der Waals surface area contributed by atoms with E-state index in [-0.39, 0.29) is 5.28 Å². The molecule has 0 aliphatic carbocycles. The number of nitrogens with zero attached hydrogens (tertiary/aromatic N) is 2. The first-order valence-corrected chi connectivity index (χ1v) is 5.15. The summed E-state index contributed by atoms with van der Waals surface area (Å²) < 4.78 is 0. The summed E-state index contributed by atoms with van der Waals surface area (Å²) in [5.74, 6) is 0.523. The zero-order valence-electron chi connectivity index (χ0n) is 8.74. The molecular formula is C11H11ClN4. The Balaban J connectivity index is 2.34. The smallest absolute Gasteiger partial charge is 0.224 e. The van der Waals surface area contributed by atoms with E-state index < -0.39 is 0 Å². The van der Waals surface area contributed by atoms with Crippen LogP contribution in [0, 0.1) is 6.92 Å². The Morgan fingerprint density at radius 1 is 1.31 bits per heavy atom. The van der Waals surface area contributed by atoms with Gasteiger partial charge in [-0.25, -0.2) is 4.98 Å². The standard InChI is InChI=1S/C11H11ClN4/c1-7-4-2-3-5-9(7)15-10-8(13)6-14-11(12)16-10/h2-6H,13H2,1H3,(H,14,15,16). The third-order valence-electron chi connectivity index (χ3n) is 2.19. The van der Waals surface area contributed by atoms with Crippen LogP contribution in [-0.2, 0) is 0 Å². The van der Waals surface area contributed by atoms with Crippen LogP contribution in [0.1, 0.15) is 5.56 Å². The summed E-state index contributed by atoms with van der Waals surface area (Å²) in [6.45, 7) is 2.00. The summed E-state index contributed by atoms with van der Waals surface area (Å²) >= 11 is 5.71. The molecule has 0 bridgehead atoms. The van der Waals surface area contributed by atoms with Crippen LogP contribution in [0.5, 0.6) is 0 Å². The minimum absolute atomic E-state index is 0.172. The molecule has 0 fully saturated rings. The van der Waals surface area contributed by atoms with Gasteiger partial charge in [0.25, 0.3) is 0 Å². The van der Waals surface area contributed by atoms with E-state index in [1.54, 1.807) is 0 Å². The number of halogens is 1. The summed E-state index contributed by atoms with van der Waals surface area (Å²) in [4.78, 5) is 7.82. The van der Waals surface area contributed by atoms with Crippen LogP contribution in [0.25, 0.3) is 0 Å². The van der Waals surface area contributed by atoms with E-state index in [9.17, 15) is 0 Å². The highest BCUT2D eigenvalue weighted by Gasteiger charge is 2.04. The maximum absolute atomic E-state index is 5.74. The monoisotopic (exact) mass is 234 g/mol. The lowest BCUT2D eigenvalue weighted by Gasteiger charge is -2.10. The highest BCUT2D eigenvalue weighted by Crippen LogP contribution is 2.23. The van der Waals surface area contributed by atoms with Crippen LogP contribution in [-0.4, -0.2) is 9.97 Å². The quantitative estimate of drug-likeness (QED) is 0.785. The molecule has 2 aromatic rings. The molecule has 0 saturated heterocycles. The molecule has 0 unspecified atom stereocenters. The van der Waals surface area contributed by atoms with E-state index in [0.717, 1.165) is 11.3 Å². The average molecular weight is 235 g/mol. The van der Waals surface area contributed by atoms with Crippen molar-refractivity contribution in [2.45, 2.75) is 6.92 Å². The topological polar surface area (TPSA) is 63.8 Å². The predicted molar refractivity (Wildman–Crippen MR) is 65.9 cm³/mol. The molecule has 0 amide bonds. The van der Waals surface area contributed by atoms with Gasteiger partial charge in [-0.3, -0.25) is 0 Å². The fourth-order valence-corrected chi connectivity index (χ4v) is 1.44. The molecule has 0 aliphatic rings. The molecule has 4 nitrogen and oxygen atoms in total. The minimum Gasteiger partial charge on any atom is -0.394 e. The largest absolute Gasteiger partial charge is 0.394 e. The molecule has 1 aromatic carbocycles. The van der Waals surface area contributed by atoms with Gasteiger partial charge in [-0.15, -0.1) is 0 Å². The van der Waals surface area contributed by atoms with Crippen molar-refractivity contribution in [3.8, 4) is 0 Å². The van der Waals surface area contributed by atoms with E-state index in [1.165, 1.54) is 6.20 Å². The average Bonchev–Trinajstić information content (AvgIpc) is 2.27. The first-order valence-electron chi connectivity index (χ1n) is 4.77. The van der Waals surface area contributed by atoms with Crippen LogP contribution < -0.4 is 11.1 Å². The van der Waals surface area contributed by atoms with Gasteiger partial charge < -0.3 is 11.1 Å². The molecular weight excluding hydrogens is 224 g/mol. The Bertz CT molecular complexity index is 513. The van der Waals surface area contributed by atoms with Crippen LogP contribution in [0.2, 0.25) is 5.28 Å². The Hall–Kier alpha value is -1.81. The lowest BCUT2D eigenvalue weighted by atomic mass is 10.2. The van der Waals surface area contributed by atoms with Crippen molar-refractivity contribution in [3.63, 3.8) is 0 Å². The number of anilines is 3. The zero-order valence-corrected chi connectivity index (χ0v) is 9.49. The van der Waals surface area contributed by atoms with Crippen LogP contribution in [0.3, 0.4) is 0 Å². The SMILES string of the molecule is Cc1ccccc1Nc1nc(Cl)ncc1N. The number of hydrogen-bond donors (Lipinski definition) is 2. The van der Waals surface area contributed by atoms with Gasteiger partial charge in [0.2, 0.25) is 5.28 Å². The van der Waals surface area contributed by atoms with Gasteiger partial charge in [-0.05, 0) is 30.2 Å². The van der Waals surface area contributed by atoms with Crippen LogP contribution >= 0.6 is 11.6 Å². The van der Waals surface area contributed by atoms with E-state index in [0.29, 0.717) is 11.5 Å². The first-order chi connectivity index (χ1) is 7.66. The Labute approximate surface area is 98.5 Å². The van der Waals surface area contributed by atoms with Crippen molar-refractivity contribution in [2.75, 3.05) is 11.1 Å². The number of para-hydroxylation sites is 1. The summed E-state index contributed by atoms with van der Waals surface area (Å²) in [5.41, 5.74) is 8.26. The molecule has 1 heterocycles. The van der Waals surface area contributed by atoms with Gasteiger partial charge in [0, 0.05) is 5.69 Å². The van der Waals surface area contributed by atoms with Gasteiger partial charge in [-0.1, -0.05) is 18.2 Å². The number of nitrogens with one attached hydrogen (secondary N) is 1. The van der Waals surface area contributed by atoms with Crippen molar-refractivity contribution >= 4 is 28.8 Å². The van der Waals surface area contributed by atoms with Gasteiger partial charge in [-0.2, -0.15) is 4.98 Å². The third kappa shape index (κ3) is 2.23. The van der Waals surface area contributed by atoms with Crippen molar-refractivity contribution in [1.82, 2.24) is 9.97 Å². The number of hydrogen-bond acceptors (Lipinski definition) is 4. The lowest BCUT2D eigenvalue weighted by Crippen LogP contribution is -2.01. The molecule has 1 aromatic heterocycles. The number of nitrogen functional groups attached to an aromatic ring is 1. The summed E-state index contributed by atoms with van der Waals surface area (Å²) in [6, 6.07) is 7.86. The second-order valence-electron chi connectivity index (χ2n) is 3.38. The summed E-state index contributed by atoms with van der Waals surface area (Å²) in [5, 5.41) is 3.29. The fraction of sp³-hybridized carbons (Fsp3) is 0.0909. The Kier molecular flexibility index (Phi) is 2.92. The first kappa shape index (κ1) is 10.7. The summed E-state index contributed by atoms with van der Waals surface area (Å²) in [7, 11) is 0. The van der Waals surface area contributed by atoms with Gasteiger partial charge >= 0.3 is 0 Å². The fourth-order valence-electron chi connectivity index (χ4n) is 1.31. The zero-order chi connectivity index (χ0) is 11.5. The van der Waals surface area contributed by atoms with E-state index in [4.69, 9.17) is 17.3 Å². The maximum Gasteiger partial charge on any atom is 0.224 e. The van der Waals surface area contributed by atoms with Crippen molar-refractivity contribution < 1.29 is 0 Å². The van der Waals surface area contributed by atoms with Gasteiger partial charge in [0.15, 0.2) is 5.82 Å². The highest BCUT2D eigenvalue weighted by molar-refractivity contribution is 6.28. The van der Waals surface area contributed by atoms with Gasteiger partial charge in [0.05, 0.1) is 11.9 Å². The minimum atomic E-state index is 0.172. The lowest BCUT2D eigenvalue weighted by molar-refractivity contribution is 1.17. The highest BCUT2D eigenvalue weighted by atomic mass is 35.5. The van der Waals surface area contributed by atoms with E-state index in [1.807, 2.05) is 31.2 Å². The molecule has 2 rings (SSSR count). The number of benzene rings is 1. The van der Waals surface area contributed by atoms with Crippen molar-refractivity contribution in [2.24, 2.45) is 0 Å². The second kappa shape index (κ2) is 4.37. The molecule has 16 heavy (non-hydrogen) atoms. The third-order valence-corrected chi connectivity index (χ3v) is 2.37. The van der Waals surface area contributed by atoms with Crippen LogP contribution in [0.4, 0.5) is 17.2 Å². The molecule has 0 saturated carbocycles. The number of aromatic nitrogens is 2. The molecule has 0 radical (unpaired) electrons. The molecule has 82 valence electrons. The molecule has 0 aliphatic heterocycles. The molecule has 5 heteroatoms. The van der Waals surface area contributed by atoms with E-state index in [2.05, 4.69) is 15.3 Å². The molecule has 0 atom stereocenters. The molecule has 0 spiro atoms. The number of rotatable bonds is 2. The number of nitrogens with two attached hydrogens (primary N) is 1. The second-order valence-corrected chi connectivity index (χ2v) is 3.72. The van der Waals surface area contributed by atoms with Crippen molar-refractivity contribution in [1.29, 1.82) is 0 Å². The molecule has 3 N–H and O–H groups in total. The normalized spacial score (nSPS) is 10.1. The van der Waals surface area contributed by atoms with E-state index >= 15 is 0 Å². The Morgan fingerprint density at radius 3 is 2.81 bits per heavy atom. The van der Waals surface area contributed by atoms with Crippen molar-refractivity contribution in [3.05, 3.63) is 41.3 Å². The maximum atomic E-state index is 5.74. The Morgan fingerprint density at radius 2 is 2.06 bits per heavy atom. The van der Waals surface area contributed by atoms with Crippen LogP contribution in [0.15, 0.2) is 30.5 Å².